The van der Waals surface area contributed by atoms with Gasteiger partial charge >= 0.3 is 0 Å². The zero-order valence-corrected chi connectivity index (χ0v) is 16.6. The summed E-state index contributed by atoms with van der Waals surface area (Å²) >= 11 is 0. The number of aryl methyl sites for hydroxylation is 2. The van der Waals surface area contributed by atoms with Crippen LogP contribution in [0.4, 0.5) is 11.4 Å². The second-order valence-corrected chi connectivity index (χ2v) is 7.61. The number of rotatable bonds is 5. The van der Waals surface area contributed by atoms with Gasteiger partial charge < -0.3 is 10.2 Å². The summed E-state index contributed by atoms with van der Waals surface area (Å²) in [4.78, 5) is 27.1. The van der Waals surface area contributed by atoms with Crippen molar-refractivity contribution in [2.45, 2.75) is 46.5 Å². The number of nitrogens with zero attached hydrogens (tertiary/aromatic N) is 1. The van der Waals surface area contributed by atoms with Crippen molar-refractivity contribution in [3.63, 3.8) is 0 Å². The van der Waals surface area contributed by atoms with E-state index in [9.17, 15) is 9.59 Å². The van der Waals surface area contributed by atoms with Gasteiger partial charge in [-0.25, -0.2) is 0 Å². The molecule has 1 saturated heterocycles. The molecule has 0 radical (unpaired) electrons. The fraction of sp³-hybridized carbons (Fsp3) is 0.391. The molecular weight excluding hydrogens is 336 g/mol. The average Bonchev–Trinajstić information content (AvgIpc) is 3.05. The van der Waals surface area contributed by atoms with E-state index in [1.807, 2.05) is 37.3 Å². The number of hydrogen-bond donors (Lipinski definition) is 1. The normalized spacial score (nSPS) is 16.9. The van der Waals surface area contributed by atoms with E-state index in [0.717, 1.165) is 28.9 Å². The number of para-hydroxylation sites is 1. The predicted octanol–water partition coefficient (Wildman–Crippen LogP) is 4.67. The van der Waals surface area contributed by atoms with Crippen molar-refractivity contribution >= 4 is 23.2 Å². The Morgan fingerprint density at radius 2 is 1.96 bits per heavy atom. The lowest BCUT2D eigenvalue weighted by molar-refractivity contribution is -0.122. The van der Waals surface area contributed by atoms with E-state index >= 15 is 0 Å². The molecule has 4 heteroatoms. The zero-order valence-electron chi connectivity index (χ0n) is 16.6. The molecule has 0 spiro atoms. The van der Waals surface area contributed by atoms with Gasteiger partial charge in [-0.2, -0.15) is 0 Å². The second-order valence-electron chi connectivity index (χ2n) is 7.61. The standard InChI is InChI=1S/C23H28N2O2/c1-5-17-9-6-8-16(4)22(17)24-23(27)19-13-21(26)25(14-19)20-11-7-10-18(12-20)15(2)3/h6-12,15,19H,5,13-14H2,1-4H3,(H,24,27). The van der Waals surface area contributed by atoms with Crippen LogP contribution in [-0.4, -0.2) is 18.4 Å². The number of carbonyl (C=O) groups is 2. The van der Waals surface area contributed by atoms with Gasteiger partial charge in [0, 0.05) is 24.3 Å². The summed E-state index contributed by atoms with van der Waals surface area (Å²) in [6.45, 7) is 8.77. The van der Waals surface area contributed by atoms with Crippen LogP contribution in [0.25, 0.3) is 0 Å². The van der Waals surface area contributed by atoms with Crippen molar-refractivity contribution in [1.82, 2.24) is 0 Å². The Kier molecular flexibility index (Phi) is 5.64. The van der Waals surface area contributed by atoms with Crippen LogP contribution in [0.5, 0.6) is 0 Å². The van der Waals surface area contributed by atoms with Crippen LogP contribution in [0.3, 0.4) is 0 Å². The molecule has 1 N–H and O–H groups in total. The Morgan fingerprint density at radius 1 is 1.22 bits per heavy atom. The Bertz CT molecular complexity index is 857. The molecule has 27 heavy (non-hydrogen) atoms. The molecule has 1 heterocycles. The van der Waals surface area contributed by atoms with E-state index in [0.29, 0.717) is 12.5 Å². The monoisotopic (exact) mass is 364 g/mol. The summed E-state index contributed by atoms with van der Waals surface area (Å²) in [5.74, 6) is 0.00575. The maximum Gasteiger partial charge on any atom is 0.229 e. The van der Waals surface area contributed by atoms with Crippen LogP contribution >= 0.6 is 0 Å². The van der Waals surface area contributed by atoms with Gasteiger partial charge in [-0.05, 0) is 48.1 Å². The molecule has 2 aromatic carbocycles. The third-order valence-corrected chi connectivity index (χ3v) is 5.33. The first-order valence-electron chi connectivity index (χ1n) is 9.70. The van der Waals surface area contributed by atoms with Crippen molar-refractivity contribution in [2.24, 2.45) is 5.92 Å². The molecule has 2 amide bonds. The highest BCUT2D eigenvalue weighted by molar-refractivity contribution is 6.04. The van der Waals surface area contributed by atoms with Crippen molar-refractivity contribution in [3.8, 4) is 0 Å². The van der Waals surface area contributed by atoms with E-state index in [-0.39, 0.29) is 24.2 Å². The lowest BCUT2D eigenvalue weighted by Crippen LogP contribution is -2.28. The number of amides is 2. The van der Waals surface area contributed by atoms with Gasteiger partial charge in [0.25, 0.3) is 0 Å². The van der Waals surface area contributed by atoms with Crippen molar-refractivity contribution < 1.29 is 9.59 Å². The molecule has 1 fully saturated rings. The van der Waals surface area contributed by atoms with E-state index < -0.39 is 0 Å². The molecule has 1 unspecified atom stereocenters. The highest BCUT2D eigenvalue weighted by Crippen LogP contribution is 2.29. The van der Waals surface area contributed by atoms with Crippen molar-refractivity contribution in [2.75, 3.05) is 16.8 Å². The van der Waals surface area contributed by atoms with Crippen LogP contribution in [0.2, 0.25) is 0 Å². The Balaban J connectivity index is 1.76. The van der Waals surface area contributed by atoms with E-state index in [2.05, 4.69) is 38.2 Å². The lowest BCUT2D eigenvalue weighted by atomic mass is 10.0. The number of nitrogens with one attached hydrogen (secondary N) is 1. The lowest BCUT2D eigenvalue weighted by Gasteiger charge is -2.19. The molecule has 1 aliphatic heterocycles. The molecule has 4 nitrogen and oxygen atoms in total. The summed E-state index contributed by atoms with van der Waals surface area (Å²) in [6, 6.07) is 14.1. The van der Waals surface area contributed by atoms with Crippen LogP contribution in [0, 0.1) is 12.8 Å². The Hall–Kier alpha value is -2.62. The summed E-state index contributed by atoms with van der Waals surface area (Å²) < 4.78 is 0. The molecule has 3 rings (SSSR count). The number of benzene rings is 2. The fourth-order valence-electron chi connectivity index (χ4n) is 3.61. The van der Waals surface area contributed by atoms with E-state index in [4.69, 9.17) is 0 Å². The maximum atomic E-state index is 12.8. The molecule has 0 bridgehead atoms. The number of anilines is 2. The largest absolute Gasteiger partial charge is 0.325 e. The number of hydrogen-bond acceptors (Lipinski definition) is 2. The van der Waals surface area contributed by atoms with Gasteiger partial charge in [-0.15, -0.1) is 0 Å². The fourth-order valence-corrected chi connectivity index (χ4v) is 3.61. The highest BCUT2D eigenvalue weighted by atomic mass is 16.2. The minimum absolute atomic E-state index is 0.0107. The minimum atomic E-state index is -0.329. The van der Waals surface area contributed by atoms with Crippen molar-refractivity contribution in [3.05, 3.63) is 59.2 Å². The summed E-state index contributed by atoms with van der Waals surface area (Å²) in [7, 11) is 0. The van der Waals surface area contributed by atoms with Crippen LogP contribution in [0.15, 0.2) is 42.5 Å². The quantitative estimate of drug-likeness (QED) is 0.838. The number of carbonyl (C=O) groups excluding carboxylic acids is 2. The third kappa shape index (κ3) is 4.05. The topological polar surface area (TPSA) is 49.4 Å². The van der Waals surface area contributed by atoms with Gasteiger partial charge in [0.05, 0.1) is 5.92 Å². The van der Waals surface area contributed by atoms with Gasteiger partial charge in [-0.3, -0.25) is 9.59 Å². The maximum absolute atomic E-state index is 12.8. The summed E-state index contributed by atoms with van der Waals surface area (Å²) in [5.41, 5.74) is 5.13. The molecule has 0 aromatic heterocycles. The molecule has 142 valence electrons. The summed E-state index contributed by atoms with van der Waals surface area (Å²) in [5, 5.41) is 3.08. The average molecular weight is 364 g/mol. The molecule has 1 atom stereocenters. The Morgan fingerprint density at radius 3 is 2.67 bits per heavy atom. The van der Waals surface area contributed by atoms with Gasteiger partial charge in [0.1, 0.15) is 0 Å². The van der Waals surface area contributed by atoms with Crippen LogP contribution in [0.1, 0.15) is 49.8 Å². The predicted molar refractivity (Wildman–Crippen MR) is 110 cm³/mol. The first kappa shape index (κ1) is 19.2. The SMILES string of the molecule is CCc1cccc(C)c1NC(=O)C1CC(=O)N(c2cccc(C(C)C)c2)C1. The van der Waals surface area contributed by atoms with Crippen LogP contribution < -0.4 is 10.2 Å². The second kappa shape index (κ2) is 7.95. The first-order valence-corrected chi connectivity index (χ1v) is 9.70. The Labute approximate surface area is 161 Å². The van der Waals surface area contributed by atoms with Crippen LogP contribution in [-0.2, 0) is 16.0 Å². The first-order chi connectivity index (χ1) is 12.9. The van der Waals surface area contributed by atoms with Gasteiger partial charge in [0.15, 0.2) is 0 Å². The molecule has 2 aromatic rings. The zero-order chi connectivity index (χ0) is 19.6. The van der Waals surface area contributed by atoms with Crippen molar-refractivity contribution in [1.29, 1.82) is 0 Å². The molecule has 0 saturated carbocycles. The molecule has 1 aliphatic rings. The van der Waals surface area contributed by atoms with E-state index in [1.165, 1.54) is 5.56 Å². The smallest absolute Gasteiger partial charge is 0.229 e. The third-order valence-electron chi connectivity index (χ3n) is 5.33. The van der Waals surface area contributed by atoms with Gasteiger partial charge in [0.2, 0.25) is 11.8 Å². The van der Waals surface area contributed by atoms with Gasteiger partial charge in [-0.1, -0.05) is 51.1 Å². The minimum Gasteiger partial charge on any atom is -0.325 e. The molecule has 0 aliphatic carbocycles. The molecular formula is C23H28N2O2. The van der Waals surface area contributed by atoms with E-state index in [1.54, 1.807) is 4.90 Å². The highest BCUT2D eigenvalue weighted by Gasteiger charge is 2.35. The summed E-state index contributed by atoms with van der Waals surface area (Å²) in [6.07, 6.45) is 1.11.